The molecule has 3 atom stereocenters. The number of aromatic nitrogens is 4. The first-order valence-corrected chi connectivity index (χ1v) is 6.22. The summed E-state index contributed by atoms with van der Waals surface area (Å²) >= 11 is 0. The molecule has 0 radical (unpaired) electrons. The van der Waals surface area contributed by atoms with Gasteiger partial charge in [0.05, 0.1) is 12.9 Å². The molecule has 0 aromatic carbocycles. The van der Waals surface area contributed by atoms with Gasteiger partial charge in [-0.25, -0.2) is 9.37 Å². The smallest absolute Gasteiger partial charge is 0.224 e. The normalized spacial score (nSPS) is 26.2. The number of aliphatic hydroxyl groups excluding tert-OH is 1. The minimum atomic E-state index is -1.22. The predicted molar refractivity (Wildman–Crippen MR) is 69.8 cm³/mol. The van der Waals surface area contributed by atoms with E-state index in [1.807, 2.05) is 0 Å². The van der Waals surface area contributed by atoms with Crippen LogP contribution in [0.3, 0.4) is 0 Å². The Kier molecular flexibility index (Phi) is 3.14. The summed E-state index contributed by atoms with van der Waals surface area (Å²) in [6.45, 7) is -0.358. The Morgan fingerprint density at radius 2 is 2.40 bits per heavy atom. The number of nitrogens with zero attached hydrogens (tertiary/aromatic N) is 4. The molecule has 0 bridgehead atoms. The van der Waals surface area contributed by atoms with Crippen molar-refractivity contribution in [3.63, 3.8) is 0 Å². The molecule has 0 amide bonds. The number of alkyl halides is 1. The molecule has 9 heteroatoms. The Hall–Kier alpha value is -2.00. The zero-order valence-corrected chi connectivity index (χ0v) is 10.8. The monoisotopic (exact) mass is 282 g/mol. The molecule has 108 valence electrons. The van der Waals surface area contributed by atoms with Gasteiger partial charge in [0.15, 0.2) is 17.0 Å². The van der Waals surface area contributed by atoms with Gasteiger partial charge in [-0.1, -0.05) is 0 Å². The van der Waals surface area contributed by atoms with Gasteiger partial charge in [0.2, 0.25) is 5.95 Å². The first kappa shape index (κ1) is 13.0. The first-order valence-electron chi connectivity index (χ1n) is 6.22. The third-order valence-electron chi connectivity index (χ3n) is 3.33. The Morgan fingerprint density at radius 1 is 1.60 bits per heavy atom. The number of rotatable bonds is 3. The molecule has 0 spiro atoms. The number of nitrogens with two attached hydrogens (primary N) is 1. The number of hydrogen-bond donors (Lipinski definition) is 3. The third-order valence-corrected chi connectivity index (χ3v) is 3.33. The van der Waals surface area contributed by atoms with Crippen LogP contribution in [0, 0.1) is 0 Å². The second kappa shape index (κ2) is 4.84. The Morgan fingerprint density at radius 3 is 3.05 bits per heavy atom. The molecule has 20 heavy (non-hydrogen) atoms. The lowest BCUT2D eigenvalue weighted by Crippen LogP contribution is -2.21. The summed E-state index contributed by atoms with van der Waals surface area (Å²) in [6.07, 6.45) is -0.955. The van der Waals surface area contributed by atoms with Crippen molar-refractivity contribution in [2.24, 2.45) is 0 Å². The highest BCUT2D eigenvalue weighted by molar-refractivity contribution is 5.84. The Labute approximate surface area is 113 Å². The first-order chi connectivity index (χ1) is 9.63. The zero-order valence-electron chi connectivity index (χ0n) is 10.8. The third kappa shape index (κ3) is 1.95. The van der Waals surface area contributed by atoms with Crippen LogP contribution >= 0.6 is 0 Å². The fraction of sp³-hybridized carbons (Fsp3) is 0.545. The molecule has 1 aliphatic heterocycles. The Bertz CT molecular complexity index is 633. The summed E-state index contributed by atoms with van der Waals surface area (Å²) in [5.41, 5.74) is 6.65. The number of anilines is 2. The van der Waals surface area contributed by atoms with Crippen molar-refractivity contribution in [1.82, 2.24) is 19.5 Å². The van der Waals surface area contributed by atoms with Crippen molar-refractivity contribution in [2.45, 2.75) is 24.9 Å². The van der Waals surface area contributed by atoms with Crippen molar-refractivity contribution in [1.29, 1.82) is 0 Å². The van der Waals surface area contributed by atoms with Crippen LogP contribution < -0.4 is 11.1 Å². The van der Waals surface area contributed by atoms with E-state index in [0.717, 1.165) is 0 Å². The van der Waals surface area contributed by atoms with Crippen molar-refractivity contribution < 1.29 is 14.2 Å². The molecule has 1 unspecified atom stereocenters. The SMILES string of the molecule is CNc1nc(N)nc2c1ncn2C1C[C@H](F)[C@@H](CO)O1. The number of imidazole rings is 1. The molecule has 2 aromatic heterocycles. The highest BCUT2D eigenvalue weighted by atomic mass is 19.1. The van der Waals surface area contributed by atoms with Crippen LogP contribution in [-0.4, -0.2) is 50.6 Å². The molecule has 1 aliphatic rings. The molecule has 2 aromatic rings. The van der Waals surface area contributed by atoms with Gasteiger partial charge in [0, 0.05) is 13.5 Å². The molecule has 1 fully saturated rings. The largest absolute Gasteiger partial charge is 0.394 e. The van der Waals surface area contributed by atoms with Gasteiger partial charge in [0.1, 0.15) is 18.5 Å². The maximum absolute atomic E-state index is 13.7. The van der Waals surface area contributed by atoms with Crippen molar-refractivity contribution in [3.8, 4) is 0 Å². The van der Waals surface area contributed by atoms with Crippen LogP contribution in [0.25, 0.3) is 11.2 Å². The van der Waals surface area contributed by atoms with E-state index in [9.17, 15) is 4.39 Å². The number of nitrogen functional groups attached to an aromatic ring is 1. The Balaban J connectivity index is 2.03. The van der Waals surface area contributed by atoms with Crippen molar-refractivity contribution in [2.75, 3.05) is 24.7 Å². The summed E-state index contributed by atoms with van der Waals surface area (Å²) in [5, 5.41) is 11.9. The molecule has 0 aliphatic carbocycles. The minimum absolute atomic E-state index is 0.0945. The zero-order chi connectivity index (χ0) is 14.3. The van der Waals surface area contributed by atoms with Gasteiger partial charge in [-0.05, 0) is 0 Å². The minimum Gasteiger partial charge on any atom is -0.394 e. The maximum Gasteiger partial charge on any atom is 0.224 e. The fourth-order valence-electron chi connectivity index (χ4n) is 2.34. The van der Waals surface area contributed by atoms with Crippen LogP contribution in [0.1, 0.15) is 12.6 Å². The van der Waals surface area contributed by atoms with Gasteiger partial charge in [-0.15, -0.1) is 0 Å². The van der Waals surface area contributed by atoms with Gasteiger partial charge in [-0.2, -0.15) is 9.97 Å². The summed E-state index contributed by atoms with van der Waals surface area (Å²) in [5.74, 6) is 0.594. The summed E-state index contributed by atoms with van der Waals surface area (Å²) in [4.78, 5) is 12.4. The molecule has 1 saturated heterocycles. The quantitative estimate of drug-likeness (QED) is 0.730. The predicted octanol–water partition coefficient (Wildman–Crippen LogP) is 0.0681. The van der Waals surface area contributed by atoms with Gasteiger partial charge >= 0.3 is 0 Å². The number of nitrogens with one attached hydrogen (secondary N) is 1. The van der Waals surface area contributed by atoms with Gasteiger partial charge in [-0.3, -0.25) is 4.57 Å². The van der Waals surface area contributed by atoms with E-state index in [2.05, 4.69) is 20.3 Å². The molecule has 3 rings (SSSR count). The van der Waals surface area contributed by atoms with Crippen molar-refractivity contribution >= 4 is 22.9 Å². The van der Waals surface area contributed by atoms with E-state index in [-0.39, 0.29) is 19.0 Å². The van der Waals surface area contributed by atoms with Crippen LogP contribution in [-0.2, 0) is 4.74 Å². The van der Waals surface area contributed by atoms with E-state index < -0.39 is 18.5 Å². The second-order valence-corrected chi connectivity index (χ2v) is 4.57. The van der Waals surface area contributed by atoms with Crippen molar-refractivity contribution in [3.05, 3.63) is 6.33 Å². The molecule has 4 N–H and O–H groups in total. The average Bonchev–Trinajstić information content (AvgIpc) is 3.00. The molecular formula is C11H15FN6O2. The van der Waals surface area contributed by atoms with Crippen LogP contribution in [0.15, 0.2) is 6.33 Å². The molecule has 8 nitrogen and oxygen atoms in total. The molecule has 3 heterocycles. The van der Waals surface area contributed by atoms with Crippen LogP contribution in [0.5, 0.6) is 0 Å². The number of halogens is 1. The topological polar surface area (TPSA) is 111 Å². The van der Waals surface area contributed by atoms with Gasteiger partial charge < -0.3 is 20.9 Å². The number of aliphatic hydroxyl groups is 1. The second-order valence-electron chi connectivity index (χ2n) is 4.57. The average molecular weight is 282 g/mol. The van der Waals surface area contributed by atoms with E-state index >= 15 is 0 Å². The summed E-state index contributed by atoms with van der Waals surface area (Å²) in [7, 11) is 1.70. The van der Waals surface area contributed by atoms with E-state index in [1.54, 1.807) is 11.6 Å². The maximum atomic E-state index is 13.7. The lowest BCUT2D eigenvalue weighted by atomic mass is 10.2. The number of fused-ring (bicyclic) bond motifs is 1. The van der Waals surface area contributed by atoms with E-state index in [1.165, 1.54) is 6.33 Å². The summed E-state index contributed by atoms with van der Waals surface area (Å²) < 4.78 is 20.7. The lowest BCUT2D eigenvalue weighted by Gasteiger charge is -2.13. The van der Waals surface area contributed by atoms with Crippen LogP contribution in [0.4, 0.5) is 16.2 Å². The molecule has 0 saturated carbocycles. The standard InChI is InChI=1S/C11H15FN6O2/c1-14-9-8-10(17-11(13)16-9)18(4-15-8)7-2-5(12)6(3-19)20-7/h4-7,19H,2-3H2,1H3,(H3,13,14,16,17)/t5-,6+,7?/m0/s1. The molecular weight excluding hydrogens is 267 g/mol. The summed E-state index contributed by atoms with van der Waals surface area (Å²) in [6, 6.07) is 0. The number of hydrogen-bond acceptors (Lipinski definition) is 7. The highest BCUT2D eigenvalue weighted by Gasteiger charge is 2.36. The van der Waals surface area contributed by atoms with E-state index in [4.69, 9.17) is 15.6 Å². The number of ether oxygens (including phenoxy) is 1. The van der Waals surface area contributed by atoms with E-state index in [0.29, 0.717) is 17.0 Å². The van der Waals surface area contributed by atoms with Crippen LogP contribution in [0.2, 0.25) is 0 Å². The lowest BCUT2D eigenvalue weighted by molar-refractivity contribution is -0.0323. The highest BCUT2D eigenvalue weighted by Crippen LogP contribution is 2.33. The fourth-order valence-corrected chi connectivity index (χ4v) is 2.34. The van der Waals surface area contributed by atoms with Gasteiger partial charge in [0.25, 0.3) is 0 Å².